The highest BCUT2D eigenvalue weighted by Crippen LogP contribution is 2.27. The second-order valence-corrected chi connectivity index (χ2v) is 7.25. The number of rotatable bonds is 5. The van der Waals surface area contributed by atoms with E-state index in [4.69, 9.17) is 4.74 Å². The highest BCUT2D eigenvalue weighted by Gasteiger charge is 2.29. The number of carbonyl (C=O) groups excluding carboxylic acids is 1. The van der Waals surface area contributed by atoms with Crippen molar-refractivity contribution in [3.05, 3.63) is 35.3 Å². The lowest BCUT2D eigenvalue weighted by Crippen LogP contribution is -2.57. The summed E-state index contributed by atoms with van der Waals surface area (Å²) in [6.07, 6.45) is 0.989. The molecule has 1 N–H and O–H groups in total. The Morgan fingerprint density at radius 3 is 2.77 bits per heavy atom. The highest BCUT2D eigenvalue weighted by molar-refractivity contribution is 7.13. The van der Waals surface area contributed by atoms with Gasteiger partial charge >= 0.3 is 0 Å². The first-order chi connectivity index (χ1) is 12.1. The van der Waals surface area contributed by atoms with Crippen molar-refractivity contribution in [1.29, 1.82) is 0 Å². The van der Waals surface area contributed by atoms with Crippen molar-refractivity contribution in [2.75, 3.05) is 19.7 Å². The number of hydrogen-bond donors (Lipinski definition) is 1. The first-order valence-corrected chi connectivity index (χ1v) is 9.71. The lowest BCUT2D eigenvalue weighted by molar-refractivity contribution is 0.0598. The number of piperazine rings is 1. The molecule has 1 saturated heterocycles. The van der Waals surface area contributed by atoms with E-state index in [1.165, 1.54) is 11.3 Å². The van der Waals surface area contributed by atoms with Gasteiger partial charge in [0.05, 0.1) is 6.61 Å². The monoisotopic (exact) mass is 395 g/mol. The Morgan fingerprint density at radius 1 is 1.35 bits per heavy atom. The number of aromatic nitrogens is 1. The van der Waals surface area contributed by atoms with Crippen molar-refractivity contribution in [3.8, 4) is 16.3 Å². The highest BCUT2D eigenvalue weighted by atomic mass is 35.5. The first kappa shape index (κ1) is 20.7. The molecule has 142 valence electrons. The SMILES string of the molecule is CCCOc1ccc(-c2nc(C(=O)N3CCNC(C)C3C)cs2)cc1.Cl. The average Bonchev–Trinajstić information content (AvgIpc) is 3.12. The molecule has 2 unspecified atom stereocenters. The molecule has 0 aliphatic carbocycles. The topological polar surface area (TPSA) is 54.5 Å². The van der Waals surface area contributed by atoms with Crippen LogP contribution in [-0.2, 0) is 0 Å². The van der Waals surface area contributed by atoms with Gasteiger partial charge < -0.3 is 15.0 Å². The van der Waals surface area contributed by atoms with Crippen LogP contribution in [0, 0.1) is 0 Å². The van der Waals surface area contributed by atoms with Crippen molar-refractivity contribution in [2.24, 2.45) is 0 Å². The van der Waals surface area contributed by atoms with Gasteiger partial charge in [-0.15, -0.1) is 23.7 Å². The summed E-state index contributed by atoms with van der Waals surface area (Å²) >= 11 is 1.51. The van der Waals surface area contributed by atoms with E-state index in [0.29, 0.717) is 11.7 Å². The fourth-order valence-electron chi connectivity index (χ4n) is 2.91. The lowest BCUT2D eigenvalue weighted by atomic mass is 10.1. The second kappa shape index (κ2) is 9.35. The van der Waals surface area contributed by atoms with E-state index in [1.807, 2.05) is 34.5 Å². The smallest absolute Gasteiger partial charge is 0.273 e. The van der Waals surface area contributed by atoms with Crippen LogP contribution in [0.1, 0.15) is 37.7 Å². The third-order valence-corrected chi connectivity index (χ3v) is 5.48. The van der Waals surface area contributed by atoms with Gasteiger partial charge in [0, 0.05) is 36.1 Å². The predicted molar refractivity (Wildman–Crippen MR) is 109 cm³/mol. The van der Waals surface area contributed by atoms with Crippen molar-refractivity contribution < 1.29 is 9.53 Å². The van der Waals surface area contributed by atoms with E-state index in [0.717, 1.165) is 42.4 Å². The van der Waals surface area contributed by atoms with Crippen LogP contribution in [-0.4, -0.2) is 47.6 Å². The summed E-state index contributed by atoms with van der Waals surface area (Å²) < 4.78 is 5.61. The summed E-state index contributed by atoms with van der Waals surface area (Å²) in [5.41, 5.74) is 1.54. The number of halogens is 1. The summed E-state index contributed by atoms with van der Waals surface area (Å²) in [7, 11) is 0. The van der Waals surface area contributed by atoms with E-state index >= 15 is 0 Å². The van der Waals surface area contributed by atoms with Gasteiger partial charge in [0.15, 0.2) is 0 Å². The third kappa shape index (κ3) is 4.55. The van der Waals surface area contributed by atoms with Crippen LogP contribution in [0.3, 0.4) is 0 Å². The van der Waals surface area contributed by atoms with E-state index in [1.54, 1.807) is 0 Å². The van der Waals surface area contributed by atoms with Gasteiger partial charge in [-0.2, -0.15) is 0 Å². The minimum Gasteiger partial charge on any atom is -0.494 e. The Bertz CT molecular complexity index is 720. The van der Waals surface area contributed by atoms with Gasteiger partial charge in [0.2, 0.25) is 0 Å². The molecule has 1 aromatic heterocycles. The number of nitrogens with zero attached hydrogens (tertiary/aromatic N) is 2. The standard InChI is InChI=1S/C19H25N3O2S.ClH/c1-4-11-24-16-7-5-15(6-8-16)18-21-17(12-25-18)19(23)22-10-9-20-13(2)14(22)3;/h5-8,12-14,20H,4,9-11H2,1-3H3;1H. The molecule has 0 radical (unpaired) electrons. The lowest BCUT2D eigenvalue weighted by Gasteiger charge is -2.38. The maximum Gasteiger partial charge on any atom is 0.273 e. The fraction of sp³-hybridized carbons (Fsp3) is 0.474. The number of carbonyl (C=O) groups is 1. The Kier molecular flexibility index (Phi) is 7.43. The molecule has 1 fully saturated rings. The van der Waals surface area contributed by atoms with Gasteiger partial charge in [0.1, 0.15) is 16.5 Å². The second-order valence-electron chi connectivity index (χ2n) is 6.39. The molecule has 3 rings (SSSR count). The normalized spacial score (nSPS) is 19.7. The molecule has 1 aliphatic rings. The summed E-state index contributed by atoms with van der Waals surface area (Å²) in [5, 5.41) is 6.12. The first-order valence-electron chi connectivity index (χ1n) is 8.83. The fourth-order valence-corrected chi connectivity index (χ4v) is 3.71. The summed E-state index contributed by atoms with van der Waals surface area (Å²) in [6.45, 7) is 8.54. The molecular weight excluding hydrogens is 370 g/mol. The molecule has 1 amide bonds. The van der Waals surface area contributed by atoms with Crippen LogP contribution in [0.2, 0.25) is 0 Å². The molecule has 1 aromatic carbocycles. The third-order valence-electron chi connectivity index (χ3n) is 4.59. The van der Waals surface area contributed by atoms with Crippen LogP contribution in [0.5, 0.6) is 5.75 Å². The molecule has 2 atom stereocenters. The van der Waals surface area contributed by atoms with E-state index in [2.05, 4.69) is 31.1 Å². The summed E-state index contributed by atoms with van der Waals surface area (Å²) in [5.74, 6) is 0.883. The number of amides is 1. The summed E-state index contributed by atoms with van der Waals surface area (Å²) in [6, 6.07) is 8.36. The Balaban J connectivity index is 0.00000243. The molecular formula is C19H26ClN3O2S. The van der Waals surface area contributed by atoms with Crippen molar-refractivity contribution in [3.63, 3.8) is 0 Å². The summed E-state index contributed by atoms with van der Waals surface area (Å²) in [4.78, 5) is 19.3. The predicted octanol–water partition coefficient (Wildman–Crippen LogP) is 3.84. The molecule has 2 heterocycles. The van der Waals surface area contributed by atoms with Gasteiger partial charge in [-0.05, 0) is 44.5 Å². The van der Waals surface area contributed by atoms with Crippen LogP contribution >= 0.6 is 23.7 Å². The number of benzene rings is 1. The molecule has 2 aromatic rings. The zero-order valence-electron chi connectivity index (χ0n) is 15.4. The Labute approximate surface area is 165 Å². The number of hydrogen-bond acceptors (Lipinski definition) is 5. The van der Waals surface area contributed by atoms with Crippen LogP contribution < -0.4 is 10.1 Å². The van der Waals surface area contributed by atoms with Gasteiger partial charge in [-0.1, -0.05) is 6.92 Å². The molecule has 5 nitrogen and oxygen atoms in total. The Hall–Kier alpha value is -1.63. The van der Waals surface area contributed by atoms with Gasteiger partial charge in [0.25, 0.3) is 5.91 Å². The molecule has 0 saturated carbocycles. The molecule has 26 heavy (non-hydrogen) atoms. The van der Waals surface area contributed by atoms with Crippen LogP contribution in [0.25, 0.3) is 10.6 Å². The largest absolute Gasteiger partial charge is 0.494 e. The molecule has 1 aliphatic heterocycles. The maximum atomic E-state index is 12.8. The number of nitrogens with one attached hydrogen (secondary N) is 1. The van der Waals surface area contributed by atoms with E-state index in [-0.39, 0.29) is 24.4 Å². The van der Waals surface area contributed by atoms with Gasteiger partial charge in [-0.25, -0.2) is 4.98 Å². The quantitative estimate of drug-likeness (QED) is 0.835. The average molecular weight is 396 g/mol. The minimum atomic E-state index is 0. The number of thiazole rings is 1. The van der Waals surface area contributed by atoms with Crippen LogP contribution in [0.4, 0.5) is 0 Å². The molecule has 0 bridgehead atoms. The minimum absolute atomic E-state index is 0. The molecule has 0 spiro atoms. The van der Waals surface area contributed by atoms with E-state index < -0.39 is 0 Å². The zero-order chi connectivity index (χ0) is 17.8. The van der Waals surface area contributed by atoms with Crippen molar-refractivity contribution >= 4 is 29.7 Å². The van der Waals surface area contributed by atoms with Crippen molar-refractivity contribution in [1.82, 2.24) is 15.2 Å². The zero-order valence-corrected chi connectivity index (χ0v) is 17.0. The Morgan fingerprint density at radius 2 is 2.08 bits per heavy atom. The van der Waals surface area contributed by atoms with E-state index in [9.17, 15) is 4.79 Å². The van der Waals surface area contributed by atoms with Crippen molar-refractivity contribution in [2.45, 2.75) is 39.3 Å². The van der Waals surface area contributed by atoms with Crippen LogP contribution in [0.15, 0.2) is 29.6 Å². The maximum absolute atomic E-state index is 12.8. The molecule has 7 heteroatoms. The van der Waals surface area contributed by atoms with Gasteiger partial charge in [-0.3, -0.25) is 4.79 Å². The number of ether oxygens (including phenoxy) is 1.